The van der Waals surface area contributed by atoms with Crippen LogP contribution in [-0.4, -0.2) is 30.9 Å². The molecule has 0 bridgehead atoms. The van der Waals surface area contributed by atoms with Crippen LogP contribution in [0.2, 0.25) is 0 Å². The highest BCUT2D eigenvalue weighted by molar-refractivity contribution is 5.78. The van der Waals surface area contributed by atoms with Gasteiger partial charge in [-0.25, -0.2) is 17.6 Å². The van der Waals surface area contributed by atoms with Crippen LogP contribution in [0, 0.1) is 17.6 Å². The molecule has 0 spiro atoms. The molecule has 7 nitrogen and oxygen atoms in total. The number of halogens is 6. The summed E-state index contributed by atoms with van der Waals surface area (Å²) >= 11 is 0. The normalized spacial score (nSPS) is 18.9. The van der Waals surface area contributed by atoms with E-state index in [1.807, 2.05) is 0 Å². The number of nitrogens with one attached hydrogen (secondary N) is 1. The van der Waals surface area contributed by atoms with E-state index >= 15 is 0 Å². The molecule has 6 rings (SSSR count). The molecular formula is C29H22F6N4O3. The number of aromatic hydroxyl groups is 2. The zero-order valence-electron chi connectivity index (χ0n) is 21.5. The lowest BCUT2D eigenvalue weighted by atomic mass is 9.94. The van der Waals surface area contributed by atoms with Gasteiger partial charge in [-0.2, -0.15) is 13.9 Å². The first-order valence-electron chi connectivity index (χ1n) is 12.9. The monoisotopic (exact) mass is 588 g/mol. The molecule has 1 amide bonds. The van der Waals surface area contributed by atoms with Crippen LogP contribution in [0.15, 0.2) is 54.7 Å². The van der Waals surface area contributed by atoms with Crippen molar-refractivity contribution in [2.75, 3.05) is 0 Å². The third kappa shape index (κ3) is 4.82. The van der Waals surface area contributed by atoms with Crippen LogP contribution in [-0.2, 0) is 23.7 Å². The number of pyridine rings is 1. The van der Waals surface area contributed by atoms with E-state index in [4.69, 9.17) is 0 Å². The van der Waals surface area contributed by atoms with Gasteiger partial charge in [-0.05, 0) is 60.7 Å². The Morgan fingerprint density at radius 3 is 2.50 bits per heavy atom. The van der Waals surface area contributed by atoms with Gasteiger partial charge in [-0.1, -0.05) is 6.07 Å². The lowest BCUT2D eigenvalue weighted by Crippen LogP contribution is -2.35. The molecule has 2 aliphatic rings. The molecule has 2 aromatic carbocycles. The van der Waals surface area contributed by atoms with Gasteiger partial charge in [0.05, 0.1) is 11.7 Å². The number of alkyl halides is 4. The second kappa shape index (κ2) is 10.1. The summed E-state index contributed by atoms with van der Waals surface area (Å²) in [5.74, 6) is -8.38. The van der Waals surface area contributed by atoms with Crippen LogP contribution >= 0.6 is 0 Å². The van der Waals surface area contributed by atoms with Gasteiger partial charge in [0.1, 0.15) is 41.1 Å². The summed E-state index contributed by atoms with van der Waals surface area (Å²) in [5.41, 5.74) is -1.09. The molecule has 2 aliphatic carbocycles. The largest absolute Gasteiger partial charge is 0.508 e. The number of amides is 1. The Hall–Kier alpha value is -4.55. The SMILES string of the molecule is O=C(Cn1nc(C(F)F)c2c1C(F)(F)C1CC21)N[C@@H](Cc1cc(F)cc(F)c1)c1ncccc1-c1cc(O)ccc1O. The third-order valence-electron chi connectivity index (χ3n) is 7.60. The van der Waals surface area contributed by atoms with Gasteiger partial charge in [0.15, 0.2) is 0 Å². The van der Waals surface area contributed by atoms with Crippen molar-refractivity contribution in [1.82, 2.24) is 20.1 Å². The van der Waals surface area contributed by atoms with Crippen molar-refractivity contribution in [2.24, 2.45) is 5.92 Å². The van der Waals surface area contributed by atoms with E-state index < -0.39 is 65.7 Å². The molecule has 13 heteroatoms. The maximum atomic E-state index is 15.0. The summed E-state index contributed by atoms with van der Waals surface area (Å²) in [6.45, 7) is -0.836. The van der Waals surface area contributed by atoms with Crippen molar-refractivity contribution < 1.29 is 41.4 Å². The second-order valence-electron chi connectivity index (χ2n) is 10.4. The first-order chi connectivity index (χ1) is 19.9. The fourth-order valence-electron chi connectivity index (χ4n) is 5.80. The van der Waals surface area contributed by atoms with Crippen LogP contribution in [0.1, 0.15) is 53.0 Å². The second-order valence-corrected chi connectivity index (χ2v) is 10.4. The molecule has 2 unspecified atom stereocenters. The Balaban J connectivity index is 1.37. The van der Waals surface area contributed by atoms with Gasteiger partial charge in [0.2, 0.25) is 5.91 Å². The van der Waals surface area contributed by atoms with Gasteiger partial charge in [-0.15, -0.1) is 0 Å². The minimum atomic E-state index is -3.43. The number of nitrogens with zero attached hydrogens (tertiary/aromatic N) is 3. The first-order valence-corrected chi connectivity index (χ1v) is 12.9. The van der Waals surface area contributed by atoms with E-state index in [1.54, 1.807) is 0 Å². The van der Waals surface area contributed by atoms with Crippen molar-refractivity contribution in [3.05, 3.63) is 94.6 Å². The number of fused-ring (bicyclic) bond motifs is 3. The van der Waals surface area contributed by atoms with E-state index in [9.17, 15) is 41.4 Å². The molecule has 218 valence electrons. The van der Waals surface area contributed by atoms with Crippen molar-refractivity contribution in [1.29, 1.82) is 0 Å². The minimum absolute atomic E-state index is 0.0637. The van der Waals surface area contributed by atoms with E-state index in [2.05, 4.69) is 15.4 Å². The summed E-state index contributed by atoms with van der Waals surface area (Å²) in [6.07, 6.45) is -1.91. The van der Waals surface area contributed by atoms with Gasteiger partial charge < -0.3 is 15.5 Å². The predicted molar refractivity (Wildman–Crippen MR) is 136 cm³/mol. The topological polar surface area (TPSA) is 100 Å². The molecule has 1 fully saturated rings. The van der Waals surface area contributed by atoms with E-state index in [-0.39, 0.29) is 52.3 Å². The van der Waals surface area contributed by atoms with Crippen molar-refractivity contribution in [3.63, 3.8) is 0 Å². The summed E-state index contributed by atoms with van der Waals surface area (Å²) in [7, 11) is 0. The van der Waals surface area contributed by atoms with Crippen molar-refractivity contribution >= 4 is 5.91 Å². The number of hydrogen-bond acceptors (Lipinski definition) is 5. The quantitative estimate of drug-likeness (QED) is 0.176. The highest BCUT2D eigenvalue weighted by atomic mass is 19.3. The molecule has 2 heterocycles. The third-order valence-corrected chi connectivity index (χ3v) is 7.60. The molecule has 3 atom stereocenters. The molecule has 0 radical (unpaired) electrons. The van der Waals surface area contributed by atoms with Crippen LogP contribution in [0.5, 0.6) is 11.5 Å². The smallest absolute Gasteiger partial charge is 0.293 e. The van der Waals surface area contributed by atoms with Crippen molar-refractivity contribution in [3.8, 4) is 22.6 Å². The number of aromatic nitrogens is 3. The Morgan fingerprint density at radius 2 is 1.79 bits per heavy atom. The molecular weight excluding hydrogens is 566 g/mol. The average molecular weight is 589 g/mol. The van der Waals surface area contributed by atoms with Gasteiger partial charge in [0.25, 0.3) is 12.3 Å². The highest BCUT2D eigenvalue weighted by Crippen LogP contribution is 2.68. The maximum absolute atomic E-state index is 15.0. The molecule has 0 saturated heterocycles. The predicted octanol–water partition coefficient (Wildman–Crippen LogP) is 5.88. The van der Waals surface area contributed by atoms with Gasteiger partial charge in [-0.3, -0.25) is 14.5 Å². The van der Waals surface area contributed by atoms with Crippen LogP contribution in [0.3, 0.4) is 0 Å². The van der Waals surface area contributed by atoms with Gasteiger partial charge in [0, 0.05) is 34.9 Å². The Kier molecular flexibility index (Phi) is 6.62. The fourth-order valence-corrected chi connectivity index (χ4v) is 5.80. The number of hydrogen-bond donors (Lipinski definition) is 3. The lowest BCUT2D eigenvalue weighted by molar-refractivity contribution is -0.123. The molecule has 0 aliphatic heterocycles. The standard InChI is InChI=1S/C29H22F6N4O3/c30-14-6-13(7-15(31)9-14)8-21(25-17(2-1-5-36-25)18-10-16(40)3-4-22(18)41)37-23(42)12-39-27-24(26(38-39)28(32)33)19-11-20(19)29(27,34)35/h1-7,9-10,19-21,28,40-41H,8,11-12H2,(H,37,42)/t19?,20?,21-/m0/s1. The molecule has 3 N–H and O–H groups in total. The van der Waals surface area contributed by atoms with Crippen LogP contribution in [0.4, 0.5) is 26.3 Å². The maximum Gasteiger partial charge on any atom is 0.293 e. The summed E-state index contributed by atoms with van der Waals surface area (Å²) in [5, 5.41) is 26.8. The van der Waals surface area contributed by atoms with Crippen molar-refractivity contribution in [2.45, 2.75) is 43.7 Å². The summed E-state index contributed by atoms with van der Waals surface area (Å²) in [6, 6.07) is 8.39. The summed E-state index contributed by atoms with van der Waals surface area (Å²) < 4.78 is 86.0. The number of phenols is 2. The zero-order chi connectivity index (χ0) is 29.9. The first kappa shape index (κ1) is 27.6. The number of carbonyl (C=O) groups is 1. The van der Waals surface area contributed by atoms with E-state index in [1.165, 1.54) is 36.5 Å². The molecule has 2 aromatic heterocycles. The molecule has 42 heavy (non-hydrogen) atoms. The number of rotatable bonds is 8. The average Bonchev–Trinajstić information content (AvgIpc) is 3.58. The Bertz CT molecular complexity index is 1690. The number of phenolic OH excluding ortho intramolecular Hbond substituents is 2. The lowest BCUT2D eigenvalue weighted by Gasteiger charge is -2.22. The summed E-state index contributed by atoms with van der Waals surface area (Å²) in [4.78, 5) is 17.6. The minimum Gasteiger partial charge on any atom is -0.508 e. The fraction of sp³-hybridized carbons (Fsp3) is 0.276. The van der Waals surface area contributed by atoms with Gasteiger partial charge >= 0.3 is 0 Å². The number of carbonyl (C=O) groups excluding carboxylic acids is 1. The highest BCUT2D eigenvalue weighted by Gasteiger charge is 2.67. The van der Waals surface area contributed by atoms with Crippen LogP contribution in [0.25, 0.3) is 11.1 Å². The van der Waals surface area contributed by atoms with Crippen LogP contribution < -0.4 is 5.32 Å². The molecule has 1 saturated carbocycles. The van der Waals surface area contributed by atoms with E-state index in [0.29, 0.717) is 10.7 Å². The number of benzene rings is 2. The Labute approximate surface area is 234 Å². The molecule has 4 aromatic rings. The zero-order valence-corrected chi connectivity index (χ0v) is 21.5. The van der Waals surface area contributed by atoms with E-state index in [0.717, 1.165) is 12.1 Å². The Morgan fingerprint density at radius 1 is 1.05 bits per heavy atom.